The van der Waals surface area contributed by atoms with Crippen LogP contribution in [0.3, 0.4) is 0 Å². The maximum Gasteiger partial charge on any atom is 0.333 e. The number of likely N-dealkylation sites (N-methyl/N-ethyl adjacent to an activating group) is 1. The molecule has 0 spiro atoms. The lowest BCUT2D eigenvalue weighted by atomic mass is 10.00. The largest absolute Gasteiger partial charge is 0.466 e. The SMILES string of the molecule is C=C(CC(=O)O[C@@H]1C[C@H]2CC(OC(=O)/C(C)=C/C)[C@H](C1)N2C)C(=O)OC. The second-order valence-corrected chi connectivity index (χ2v) is 6.89. The van der Waals surface area contributed by atoms with E-state index in [9.17, 15) is 14.4 Å². The van der Waals surface area contributed by atoms with Crippen LogP contribution in [0.2, 0.25) is 0 Å². The molecule has 2 aliphatic rings. The standard InChI is InChI=1S/C19H27NO6/c1-6-11(2)19(23)26-16-9-13-8-14(10-15(16)20(13)4)25-17(21)7-12(3)18(22)24-5/h6,13-16H,3,7-10H2,1-2,4-5H3/b11-6+/t13-,14+,15-,16?/m0/s1. The minimum atomic E-state index is -0.614. The van der Waals surface area contributed by atoms with Crippen molar-refractivity contribution in [2.24, 2.45) is 0 Å². The van der Waals surface area contributed by atoms with Gasteiger partial charge < -0.3 is 14.2 Å². The van der Waals surface area contributed by atoms with Gasteiger partial charge in [0.15, 0.2) is 0 Å². The lowest BCUT2D eigenvalue weighted by Gasteiger charge is -2.36. The summed E-state index contributed by atoms with van der Waals surface area (Å²) in [6.07, 6.45) is 3.08. The highest BCUT2D eigenvalue weighted by molar-refractivity contribution is 5.93. The fraction of sp³-hybridized carbons (Fsp3) is 0.632. The van der Waals surface area contributed by atoms with Crippen LogP contribution in [-0.2, 0) is 28.6 Å². The van der Waals surface area contributed by atoms with E-state index in [1.807, 2.05) is 7.05 Å². The third kappa shape index (κ3) is 4.52. The highest BCUT2D eigenvalue weighted by atomic mass is 16.6. The third-order valence-electron chi connectivity index (χ3n) is 5.22. The molecule has 7 heteroatoms. The lowest BCUT2D eigenvalue weighted by molar-refractivity contribution is -0.155. The normalized spacial score (nSPS) is 28.4. The van der Waals surface area contributed by atoms with Gasteiger partial charge in [-0.1, -0.05) is 12.7 Å². The highest BCUT2D eigenvalue weighted by Gasteiger charge is 2.47. The van der Waals surface area contributed by atoms with Crippen LogP contribution < -0.4 is 0 Å². The zero-order valence-corrected chi connectivity index (χ0v) is 15.8. The summed E-state index contributed by atoms with van der Waals surface area (Å²) in [6, 6.07) is 0.211. The van der Waals surface area contributed by atoms with Crippen molar-refractivity contribution in [1.82, 2.24) is 4.90 Å². The molecule has 2 aliphatic heterocycles. The monoisotopic (exact) mass is 365 g/mol. The van der Waals surface area contributed by atoms with Crippen molar-refractivity contribution in [3.05, 3.63) is 23.8 Å². The summed E-state index contributed by atoms with van der Waals surface area (Å²) >= 11 is 0. The number of carbonyl (C=O) groups is 3. The smallest absolute Gasteiger partial charge is 0.333 e. The molecule has 0 aliphatic carbocycles. The first-order valence-corrected chi connectivity index (χ1v) is 8.78. The van der Waals surface area contributed by atoms with Gasteiger partial charge in [-0.3, -0.25) is 9.69 Å². The van der Waals surface area contributed by atoms with Gasteiger partial charge in [-0.15, -0.1) is 0 Å². The zero-order valence-electron chi connectivity index (χ0n) is 15.8. The fourth-order valence-corrected chi connectivity index (χ4v) is 3.56. The minimum Gasteiger partial charge on any atom is -0.466 e. The number of allylic oxidation sites excluding steroid dienone is 1. The second-order valence-electron chi connectivity index (χ2n) is 6.89. The molecule has 2 fully saturated rings. The van der Waals surface area contributed by atoms with Gasteiger partial charge in [-0.2, -0.15) is 0 Å². The Morgan fingerprint density at radius 3 is 2.46 bits per heavy atom. The Labute approximate surface area is 154 Å². The van der Waals surface area contributed by atoms with Crippen molar-refractivity contribution in [3.63, 3.8) is 0 Å². The van der Waals surface area contributed by atoms with E-state index < -0.39 is 11.9 Å². The van der Waals surface area contributed by atoms with Crippen molar-refractivity contribution in [3.8, 4) is 0 Å². The minimum absolute atomic E-state index is 0.0176. The van der Waals surface area contributed by atoms with Crippen molar-refractivity contribution >= 4 is 17.9 Å². The van der Waals surface area contributed by atoms with E-state index >= 15 is 0 Å². The van der Waals surface area contributed by atoms with Crippen LogP contribution in [0.4, 0.5) is 0 Å². The molecule has 0 aromatic heterocycles. The molecule has 2 bridgehead atoms. The molecule has 144 valence electrons. The number of nitrogens with zero attached hydrogens (tertiary/aromatic N) is 1. The summed E-state index contributed by atoms with van der Waals surface area (Å²) in [6.45, 7) is 7.06. The average Bonchev–Trinajstić information content (AvgIpc) is 2.78. The van der Waals surface area contributed by atoms with Crippen LogP contribution in [0, 0.1) is 0 Å². The molecule has 0 amide bonds. The van der Waals surface area contributed by atoms with Crippen LogP contribution in [0.25, 0.3) is 0 Å². The Morgan fingerprint density at radius 1 is 1.15 bits per heavy atom. The highest BCUT2D eigenvalue weighted by Crippen LogP contribution is 2.37. The molecule has 0 N–H and O–H groups in total. The van der Waals surface area contributed by atoms with Crippen molar-refractivity contribution in [1.29, 1.82) is 0 Å². The number of fused-ring (bicyclic) bond motifs is 2. The molecular formula is C19H27NO6. The molecule has 0 radical (unpaired) electrons. The first-order chi connectivity index (χ1) is 12.3. The number of methoxy groups -OCH3 is 1. The number of esters is 3. The van der Waals surface area contributed by atoms with Gasteiger partial charge in [0.25, 0.3) is 0 Å². The van der Waals surface area contributed by atoms with Gasteiger partial charge in [-0.05, 0) is 20.9 Å². The van der Waals surface area contributed by atoms with Crippen LogP contribution in [0.5, 0.6) is 0 Å². The molecule has 2 rings (SSSR count). The van der Waals surface area contributed by atoms with E-state index in [1.165, 1.54) is 7.11 Å². The Balaban J connectivity index is 1.92. The van der Waals surface area contributed by atoms with Crippen molar-refractivity contribution in [2.45, 2.75) is 63.8 Å². The fourth-order valence-electron chi connectivity index (χ4n) is 3.56. The molecule has 26 heavy (non-hydrogen) atoms. The number of hydrogen-bond donors (Lipinski definition) is 0. The molecule has 0 saturated carbocycles. The van der Waals surface area contributed by atoms with Crippen molar-refractivity contribution < 1.29 is 28.6 Å². The first kappa shape index (κ1) is 20.2. The Hall–Kier alpha value is -2.15. The molecule has 2 saturated heterocycles. The topological polar surface area (TPSA) is 82.1 Å². The predicted molar refractivity (Wildman–Crippen MR) is 94.2 cm³/mol. The number of rotatable bonds is 6. The van der Waals surface area contributed by atoms with Gasteiger partial charge in [0.2, 0.25) is 0 Å². The number of ether oxygens (including phenoxy) is 3. The van der Waals surface area contributed by atoms with Crippen molar-refractivity contribution in [2.75, 3.05) is 14.2 Å². The maximum atomic E-state index is 12.1. The Morgan fingerprint density at radius 2 is 1.85 bits per heavy atom. The van der Waals surface area contributed by atoms with Gasteiger partial charge in [0.1, 0.15) is 12.2 Å². The summed E-state index contributed by atoms with van der Waals surface area (Å²) < 4.78 is 15.7. The number of piperidine rings is 1. The quantitative estimate of drug-likeness (QED) is 0.403. The summed E-state index contributed by atoms with van der Waals surface area (Å²) in [4.78, 5) is 37.6. The van der Waals surface area contributed by atoms with E-state index in [4.69, 9.17) is 9.47 Å². The van der Waals surface area contributed by atoms with Gasteiger partial charge in [0, 0.05) is 36.5 Å². The lowest BCUT2D eigenvalue weighted by Crippen LogP contribution is -2.46. The van der Waals surface area contributed by atoms with E-state index in [-0.39, 0.29) is 42.3 Å². The molecule has 1 unspecified atom stereocenters. The Kier molecular flexibility index (Phi) is 6.58. The van der Waals surface area contributed by atoms with Crippen LogP contribution in [-0.4, -0.2) is 61.3 Å². The molecular weight excluding hydrogens is 338 g/mol. The van der Waals surface area contributed by atoms with Crippen LogP contribution in [0.1, 0.15) is 39.5 Å². The Bertz CT molecular complexity index is 626. The molecule has 7 nitrogen and oxygen atoms in total. The summed E-state index contributed by atoms with van der Waals surface area (Å²) in [5.74, 6) is -1.41. The van der Waals surface area contributed by atoms with E-state index in [2.05, 4.69) is 16.2 Å². The summed E-state index contributed by atoms with van der Waals surface area (Å²) in [7, 11) is 3.24. The van der Waals surface area contributed by atoms with Crippen LogP contribution >= 0.6 is 0 Å². The third-order valence-corrected chi connectivity index (χ3v) is 5.22. The summed E-state index contributed by atoms with van der Waals surface area (Å²) in [5, 5.41) is 0. The second kappa shape index (κ2) is 8.49. The van der Waals surface area contributed by atoms with E-state index in [0.29, 0.717) is 18.4 Å². The first-order valence-electron chi connectivity index (χ1n) is 8.78. The molecule has 2 heterocycles. The number of hydrogen-bond acceptors (Lipinski definition) is 7. The van der Waals surface area contributed by atoms with Gasteiger partial charge in [-0.25, -0.2) is 9.59 Å². The van der Waals surface area contributed by atoms with E-state index in [0.717, 1.165) is 6.42 Å². The predicted octanol–water partition coefficient (Wildman–Crippen LogP) is 1.76. The molecule has 0 aromatic carbocycles. The van der Waals surface area contributed by atoms with Gasteiger partial charge in [0.05, 0.1) is 19.6 Å². The number of carbonyl (C=O) groups excluding carboxylic acids is 3. The van der Waals surface area contributed by atoms with Crippen LogP contribution in [0.15, 0.2) is 23.8 Å². The summed E-state index contributed by atoms with van der Waals surface area (Å²) in [5.41, 5.74) is 0.653. The van der Waals surface area contributed by atoms with E-state index in [1.54, 1.807) is 19.9 Å². The maximum absolute atomic E-state index is 12.1. The molecule has 4 atom stereocenters. The zero-order chi connectivity index (χ0) is 19.4. The average molecular weight is 365 g/mol. The van der Waals surface area contributed by atoms with Gasteiger partial charge >= 0.3 is 17.9 Å². The molecule has 0 aromatic rings.